The monoisotopic (exact) mass is 309 g/mol. The van der Waals surface area contributed by atoms with Gasteiger partial charge in [0, 0.05) is 30.2 Å². The molecule has 0 atom stereocenters. The quantitative estimate of drug-likeness (QED) is 0.845. The summed E-state index contributed by atoms with van der Waals surface area (Å²) in [5.74, 6) is 0.197. The highest BCUT2D eigenvalue weighted by Gasteiger charge is 2.09. The fourth-order valence-corrected chi connectivity index (χ4v) is 2.99. The molecule has 1 aromatic carbocycles. The van der Waals surface area contributed by atoms with Crippen LogP contribution in [0.1, 0.15) is 18.7 Å². The topological polar surface area (TPSA) is 37.4 Å². The number of rotatable bonds is 7. The number of halogens is 1. The van der Waals surface area contributed by atoms with Gasteiger partial charge in [-0.2, -0.15) is 0 Å². The minimum atomic E-state index is -0.306. The number of nitrogens with one attached hydrogen (secondary N) is 1. The number of benzene rings is 1. The van der Waals surface area contributed by atoms with E-state index in [1.807, 2.05) is 6.20 Å². The summed E-state index contributed by atoms with van der Waals surface area (Å²) in [6, 6.07) is 4.47. The summed E-state index contributed by atoms with van der Waals surface area (Å²) in [7, 11) is 1.53. The van der Waals surface area contributed by atoms with Crippen LogP contribution in [0.2, 0.25) is 0 Å². The van der Waals surface area contributed by atoms with Gasteiger partial charge >= 0.3 is 0 Å². The van der Waals surface area contributed by atoms with Crippen LogP contribution < -0.4 is 15.0 Å². The molecule has 2 rings (SSSR count). The van der Waals surface area contributed by atoms with E-state index in [0.29, 0.717) is 12.3 Å². The van der Waals surface area contributed by atoms with E-state index >= 15 is 0 Å². The van der Waals surface area contributed by atoms with Gasteiger partial charge in [-0.3, -0.25) is 0 Å². The third kappa shape index (κ3) is 3.85. The number of methoxy groups -OCH3 is 1. The second-order valence-corrected chi connectivity index (χ2v) is 5.57. The minimum absolute atomic E-state index is 0.306. The van der Waals surface area contributed by atoms with E-state index in [-0.39, 0.29) is 5.82 Å². The zero-order valence-electron chi connectivity index (χ0n) is 12.5. The van der Waals surface area contributed by atoms with Crippen molar-refractivity contribution in [1.29, 1.82) is 0 Å². The number of thiazole rings is 1. The molecule has 0 unspecified atom stereocenters. The van der Waals surface area contributed by atoms with Crippen LogP contribution in [0.25, 0.3) is 0 Å². The number of anilines is 2. The van der Waals surface area contributed by atoms with E-state index in [1.165, 1.54) is 19.2 Å². The van der Waals surface area contributed by atoms with Gasteiger partial charge in [-0.05, 0) is 26.0 Å². The van der Waals surface area contributed by atoms with E-state index in [9.17, 15) is 4.39 Å². The van der Waals surface area contributed by atoms with Gasteiger partial charge in [0.1, 0.15) is 11.6 Å². The van der Waals surface area contributed by atoms with Crippen LogP contribution >= 0.6 is 11.3 Å². The Morgan fingerprint density at radius 2 is 2.10 bits per heavy atom. The molecule has 6 heteroatoms. The lowest BCUT2D eigenvalue weighted by Gasteiger charge is -2.16. The molecule has 0 fully saturated rings. The Balaban J connectivity index is 2.03. The number of hydrogen-bond acceptors (Lipinski definition) is 5. The van der Waals surface area contributed by atoms with Crippen LogP contribution in [0.4, 0.5) is 15.2 Å². The minimum Gasteiger partial charge on any atom is -0.494 e. The maximum absolute atomic E-state index is 13.1. The summed E-state index contributed by atoms with van der Waals surface area (Å²) in [6.07, 6.45) is 1.88. The maximum Gasteiger partial charge on any atom is 0.185 e. The van der Waals surface area contributed by atoms with E-state index in [2.05, 4.69) is 29.0 Å². The van der Waals surface area contributed by atoms with Gasteiger partial charge in [0.05, 0.1) is 19.3 Å². The molecule has 0 saturated carbocycles. The Bertz CT molecular complexity index is 584. The molecule has 1 aromatic heterocycles. The fourth-order valence-electron chi connectivity index (χ4n) is 2.01. The van der Waals surface area contributed by atoms with Crippen molar-refractivity contribution in [3.05, 3.63) is 35.1 Å². The molecule has 114 valence electrons. The molecule has 0 amide bonds. The summed E-state index contributed by atoms with van der Waals surface area (Å²) in [5.41, 5.74) is 0.775. The fraction of sp³-hybridized carbons (Fsp3) is 0.400. The highest BCUT2D eigenvalue weighted by Crippen LogP contribution is 2.27. The highest BCUT2D eigenvalue weighted by atomic mass is 32.1. The standard InChI is InChI=1S/C15H20FN3OS/c1-4-19(5-2)15-18-10-12(21-15)9-17-13-7-6-11(16)8-14(13)20-3/h6-8,10,17H,4-5,9H2,1-3H3. The Labute approximate surface area is 128 Å². The average Bonchev–Trinajstić information content (AvgIpc) is 2.96. The molecule has 4 nitrogen and oxygen atoms in total. The van der Waals surface area contributed by atoms with Gasteiger partial charge in [0.2, 0.25) is 0 Å². The normalized spacial score (nSPS) is 10.5. The lowest BCUT2D eigenvalue weighted by Crippen LogP contribution is -2.21. The molecular weight excluding hydrogens is 289 g/mol. The Morgan fingerprint density at radius 1 is 1.33 bits per heavy atom. The first-order chi connectivity index (χ1) is 10.2. The summed E-state index contributed by atoms with van der Waals surface area (Å²) < 4.78 is 18.3. The number of nitrogens with zero attached hydrogens (tertiary/aromatic N) is 2. The van der Waals surface area contributed by atoms with Crippen LogP contribution in [0.5, 0.6) is 5.75 Å². The van der Waals surface area contributed by atoms with Crippen molar-refractivity contribution in [3.8, 4) is 5.75 Å². The average molecular weight is 309 g/mol. The van der Waals surface area contributed by atoms with Crippen molar-refractivity contribution in [1.82, 2.24) is 4.98 Å². The SMILES string of the molecule is CCN(CC)c1ncc(CNc2ccc(F)cc2OC)s1. The number of ether oxygens (including phenoxy) is 1. The third-order valence-corrected chi connectivity index (χ3v) is 4.25. The van der Waals surface area contributed by atoms with Gasteiger partial charge in [-0.15, -0.1) is 11.3 Å². The van der Waals surface area contributed by atoms with Crippen LogP contribution in [0.3, 0.4) is 0 Å². The molecular formula is C15H20FN3OS. The zero-order chi connectivity index (χ0) is 15.2. The largest absolute Gasteiger partial charge is 0.494 e. The predicted molar refractivity (Wildman–Crippen MR) is 86.0 cm³/mol. The van der Waals surface area contributed by atoms with Crippen LogP contribution in [-0.2, 0) is 6.54 Å². The van der Waals surface area contributed by atoms with Crippen molar-refractivity contribution in [2.75, 3.05) is 30.4 Å². The molecule has 0 saturated heterocycles. The van der Waals surface area contributed by atoms with Crippen molar-refractivity contribution in [2.24, 2.45) is 0 Å². The predicted octanol–water partition coefficient (Wildman–Crippen LogP) is 3.75. The van der Waals surface area contributed by atoms with Crippen molar-refractivity contribution in [2.45, 2.75) is 20.4 Å². The second-order valence-electron chi connectivity index (χ2n) is 4.48. The molecule has 21 heavy (non-hydrogen) atoms. The lowest BCUT2D eigenvalue weighted by molar-refractivity contribution is 0.413. The Morgan fingerprint density at radius 3 is 2.76 bits per heavy atom. The molecule has 2 aromatic rings. The van der Waals surface area contributed by atoms with Crippen LogP contribution in [0.15, 0.2) is 24.4 Å². The van der Waals surface area contributed by atoms with Crippen molar-refractivity contribution < 1.29 is 9.13 Å². The Hall–Kier alpha value is -1.82. The van der Waals surface area contributed by atoms with Gasteiger partial charge in [-0.25, -0.2) is 9.37 Å². The second kappa shape index (κ2) is 7.26. The van der Waals surface area contributed by atoms with E-state index in [0.717, 1.165) is 28.8 Å². The summed E-state index contributed by atoms with van der Waals surface area (Å²) in [6.45, 7) is 6.77. The highest BCUT2D eigenvalue weighted by molar-refractivity contribution is 7.15. The van der Waals surface area contributed by atoms with Gasteiger partial charge in [-0.1, -0.05) is 0 Å². The molecule has 0 bridgehead atoms. The molecule has 1 heterocycles. The van der Waals surface area contributed by atoms with Gasteiger partial charge in [0.15, 0.2) is 5.13 Å². The first-order valence-electron chi connectivity index (χ1n) is 6.95. The summed E-state index contributed by atoms with van der Waals surface area (Å²) in [4.78, 5) is 7.78. The number of hydrogen-bond donors (Lipinski definition) is 1. The van der Waals surface area contributed by atoms with E-state index in [4.69, 9.17) is 4.74 Å². The maximum atomic E-state index is 13.1. The van der Waals surface area contributed by atoms with E-state index < -0.39 is 0 Å². The zero-order valence-corrected chi connectivity index (χ0v) is 13.3. The van der Waals surface area contributed by atoms with Gasteiger partial charge < -0.3 is 15.0 Å². The smallest absolute Gasteiger partial charge is 0.185 e. The van der Waals surface area contributed by atoms with Crippen LogP contribution in [0, 0.1) is 5.82 Å². The molecule has 0 aliphatic rings. The first kappa shape index (κ1) is 15.6. The summed E-state index contributed by atoms with van der Waals surface area (Å²) in [5, 5.41) is 4.29. The Kier molecular flexibility index (Phi) is 5.38. The molecule has 0 aliphatic carbocycles. The first-order valence-corrected chi connectivity index (χ1v) is 7.76. The van der Waals surface area contributed by atoms with Crippen molar-refractivity contribution in [3.63, 3.8) is 0 Å². The van der Waals surface area contributed by atoms with E-state index in [1.54, 1.807) is 17.4 Å². The van der Waals surface area contributed by atoms with Gasteiger partial charge in [0.25, 0.3) is 0 Å². The molecule has 0 radical (unpaired) electrons. The number of aromatic nitrogens is 1. The lowest BCUT2D eigenvalue weighted by atomic mass is 10.3. The molecule has 0 aliphatic heterocycles. The van der Waals surface area contributed by atoms with Crippen molar-refractivity contribution >= 4 is 22.2 Å². The molecule has 1 N–H and O–H groups in total. The van der Waals surface area contributed by atoms with Crippen LogP contribution in [-0.4, -0.2) is 25.2 Å². The third-order valence-electron chi connectivity index (χ3n) is 3.19. The molecule has 0 spiro atoms. The summed E-state index contributed by atoms with van der Waals surface area (Å²) >= 11 is 1.66.